The number of aliphatic imine (C=N–C) groups is 2. The van der Waals surface area contributed by atoms with E-state index in [9.17, 15) is 0 Å². The molecule has 0 saturated heterocycles. The fourth-order valence-corrected chi connectivity index (χ4v) is 11.5. The lowest BCUT2D eigenvalue weighted by atomic mass is 9.96. The van der Waals surface area contributed by atoms with Crippen molar-refractivity contribution in [1.82, 2.24) is 4.57 Å². The lowest BCUT2D eigenvalue weighted by Gasteiger charge is -2.18. The van der Waals surface area contributed by atoms with Gasteiger partial charge in [-0.3, -0.25) is 0 Å². The Hall–Kier alpha value is -9.12. The van der Waals surface area contributed by atoms with Crippen molar-refractivity contribution in [2.75, 3.05) is 0 Å². The summed E-state index contributed by atoms with van der Waals surface area (Å²) in [5, 5.41) is 19.0. The van der Waals surface area contributed by atoms with Gasteiger partial charge < -0.3 is 8.98 Å². The minimum absolute atomic E-state index is 0.605. The van der Waals surface area contributed by atoms with Crippen molar-refractivity contribution in [1.29, 1.82) is 0 Å². The second-order valence-electron chi connectivity index (χ2n) is 18.7. The van der Waals surface area contributed by atoms with Crippen LogP contribution in [-0.4, -0.2) is 16.1 Å². The molecule has 0 N–H and O–H groups in total. The second-order valence-corrected chi connectivity index (χ2v) is 18.7. The van der Waals surface area contributed by atoms with Crippen molar-refractivity contribution in [3.05, 3.63) is 241 Å². The zero-order valence-electron chi connectivity index (χ0n) is 38.0. The minimum Gasteiger partial charge on any atom is -0.455 e. The van der Waals surface area contributed by atoms with Crippen LogP contribution in [0, 0.1) is 0 Å². The fraction of sp³-hybridized carbons (Fsp3) is 0.0303. The monoisotopic (exact) mass is 891 g/mol. The Labute approximate surface area is 402 Å². The first-order chi connectivity index (χ1) is 34.7. The van der Waals surface area contributed by atoms with Crippen LogP contribution in [0.5, 0.6) is 0 Å². The van der Waals surface area contributed by atoms with Crippen LogP contribution in [-0.2, 0) is 0 Å². The van der Waals surface area contributed by atoms with Crippen molar-refractivity contribution in [3.8, 4) is 5.69 Å². The molecule has 4 nitrogen and oxygen atoms in total. The van der Waals surface area contributed by atoms with Crippen molar-refractivity contribution >= 4 is 126 Å². The summed E-state index contributed by atoms with van der Waals surface area (Å²) in [7, 11) is 0. The second kappa shape index (κ2) is 15.2. The fourth-order valence-electron chi connectivity index (χ4n) is 11.5. The Morgan fingerprint density at radius 3 is 1.67 bits per heavy atom. The molecule has 3 heterocycles. The number of furan rings is 1. The lowest BCUT2D eigenvalue weighted by molar-refractivity contribution is 0.667. The first-order valence-electron chi connectivity index (χ1n) is 24.2. The number of hydrogen-bond donors (Lipinski definition) is 0. The van der Waals surface area contributed by atoms with Crippen LogP contribution in [0.4, 0.5) is 0 Å². The van der Waals surface area contributed by atoms with Crippen molar-refractivity contribution in [2.45, 2.75) is 12.8 Å². The van der Waals surface area contributed by atoms with Crippen molar-refractivity contribution < 1.29 is 4.42 Å². The quantitative estimate of drug-likeness (QED) is 0.162. The molecular formula is C66H41N3O. The SMILES string of the molecule is C1=C(c2ccc3c(ccc4ccccc43)c2)/N=C(c2c(-n3c4cc5ccccc5cc4c4ccc5ccccc5c43)ccc3c2oc2ccccc23)\N=C(\c2ccc3c(ccc4ccccc43)c2)CC\1. The Balaban J connectivity index is 1.05. The standard InChI is InChI=1S/C66H41N3O/c1-2-16-44-39-61-57(38-43(44)15-1)55-33-28-42-14-5-8-19-53(42)64(55)69(61)60-35-34-56-54-20-9-10-23-62(54)70-65(56)63(60)66-67-58(47-29-31-51-45(36-47)26-24-40-12-3-6-17-49(40)51)21-11-22-59(68-66)48-30-32-52-46(37-48)27-25-41-13-4-7-18-50(41)52/h1-10,12-21,23-39H,11,22H2/b58-21-,67-66-,68-59+. The lowest BCUT2D eigenvalue weighted by Crippen LogP contribution is -2.12. The van der Waals surface area contributed by atoms with E-state index in [4.69, 9.17) is 14.4 Å². The molecule has 326 valence electrons. The van der Waals surface area contributed by atoms with Gasteiger partial charge in [0.25, 0.3) is 0 Å². The number of allylic oxidation sites excluding steroid dienone is 1. The van der Waals surface area contributed by atoms with Crippen LogP contribution >= 0.6 is 0 Å². The molecule has 12 aromatic carbocycles. The molecule has 0 amide bonds. The van der Waals surface area contributed by atoms with Crippen LogP contribution in [0.3, 0.4) is 0 Å². The summed E-state index contributed by atoms with van der Waals surface area (Å²) >= 11 is 0. The average Bonchev–Trinajstić information content (AvgIpc) is 3.95. The van der Waals surface area contributed by atoms with E-state index in [0.29, 0.717) is 5.84 Å². The topological polar surface area (TPSA) is 42.8 Å². The summed E-state index contributed by atoms with van der Waals surface area (Å²) in [6.07, 6.45) is 3.80. The van der Waals surface area contributed by atoms with E-state index in [1.807, 2.05) is 6.07 Å². The molecule has 0 radical (unpaired) electrons. The van der Waals surface area contributed by atoms with Crippen LogP contribution in [0.2, 0.25) is 0 Å². The van der Waals surface area contributed by atoms with E-state index in [0.717, 1.165) is 79.6 Å². The van der Waals surface area contributed by atoms with E-state index < -0.39 is 0 Å². The highest BCUT2D eigenvalue weighted by Gasteiger charge is 2.26. The molecule has 0 saturated carbocycles. The number of fused-ring (bicyclic) bond motifs is 15. The summed E-state index contributed by atoms with van der Waals surface area (Å²) in [6, 6.07) is 79.3. The molecule has 4 heteroatoms. The molecule has 14 aromatic rings. The molecule has 15 rings (SSSR count). The summed E-state index contributed by atoms with van der Waals surface area (Å²) in [5.41, 5.74) is 9.61. The zero-order chi connectivity index (χ0) is 45.9. The highest BCUT2D eigenvalue weighted by Crippen LogP contribution is 2.43. The highest BCUT2D eigenvalue weighted by atomic mass is 16.3. The number of rotatable bonds is 4. The van der Waals surface area contributed by atoms with Gasteiger partial charge in [0.2, 0.25) is 0 Å². The number of hydrogen-bond acceptors (Lipinski definition) is 3. The molecule has 0 unspecified atom stereocenters. The van der Waals surface area contributed by atoms with E-state index in [1.165, 1.54) is 75.4 Å². The summed E-state index contributed by atoms with van der Waals surface area (Å²) in [4.78, 5) is 11.6. The molecule has 0 spiro atoms. The molecule has 0 atom stereocenters. The molecule has 1 aliphatic rings. The summed E-state index contributed by atoms with van der Waals surface area (Å²) in [5.74, 6) is 0.605. The number of amidine groups is 1. The Kier molecular flexibility index (Phi) is 8.45. The van der Waals surface area contributed by atoms with E-state index in [-0.39, 0.29) is 0 Å². The van der Waals surface area contributed by atoms with Crippen LogP contribution in [0.1, 0.15) is 29.5 Å². The molecule has 70 heavy (non-hydrogen) atoms. The van der Waals surface area contributed by atoms with Gasteiger partial charge in [-0.05, 0) is 120 Å². The third-order valence-electron chi connectivity index (χ3n) is 14.8. The highest BCUT2D eigenvalue weighted by molar-refractivity contribution is 6.25. The Bertz CT molecular complexity index is 4660. The summed E-state index contributed by atoms with van der Waals surface area (Å²) in [6.45, 7) is 0. The maximum absolute atomic E-state index is 7.13. The minimum atomic E-state index is 0.605. The zero-order valence-corrected chi connectivity index (χ0v) is 38.0. The number of aromatic nitrogens is 1. The molecule has 1 aliphatic heterocycles. The van der Waals surface area contributed by atoms with Crippen LogP contribution in [0.25, 0.3) is 120 Å². The van der Waals surface area contributed by atoms with Crippen LogP contribution < -0.4 is 0 Å². The Morgan fingerprint density at radius 1 is 0.386 bits per heavy atom. The van der Waals surface area contributed by atoms with E-state index in [2.05, 4.69) is 223 Å². The molecule has 0 bridgehead atoms. The van der Waals surface area contributed by atoms with Gasteiger partial charge in [-0.1, -0.05) is 182 Å². The number of para-hydroxylation sites is 1. The van der Waals surface area contributed by atoms with Gasteiger partial charge in [-0.25, -0.2) is 9.98 Å². The van der Waals surface area contributed by atoms with Gasteiger partial charge in [-0.15, -0.1) is 0 Å². The molecule has 0 fully saturated rings. The van der Waals surface area contributed by atoms with Gasteiger partial charge in [0.15, 0.2) is 5.84 Å². The normalized spacial score (nSPS) is 15.8. The van der Waals surface area contributed by atoms with Gasteiger partial charge in [0, 0.05) is 32.5 Å². The molecule has 0 aliphatic carbocycles. The first-order valence-corrected chi connectivity index (χ1v) is 24.2. The molecular weight excluding hydrogens is 851 g/mol. The summed E-state index contributed by atoms with van der Waals surface area (Å²) < 4.78 is 9.59. The molecule has 2 aromatic heterocycles. The van der Waals surface area contributed by atoms with Crippen molar-refractivity contribution in [2.24, 2.45) is 9.98 Å². The van der Waals surface area contributed by atoms with Crippen LogP contribution in [0.15, 0.2) is 239 Å². The van der Waals surface area contributed by atoms with E-state index >= 15 is 0 Å². The van der Waals surface area contributed by atoms with Gasteiger partial charge in [0.05, 0.1) is 33.7 Å². The third-order valence-corrected chi connectivity index (χ3v) is 14.8. The van der Waals surface area contributed by atoms with E-state index in [1.54, 1.807) is 0 Å². The van der Waals surface area contributed by atoms with Gasteiger partial charge in [0.1, 0.15) is 11.2 Å². The number of benzene rings is 12. The largest absolute Gasteiger partial charge is 0.455 e. The average molecular weight is 892 g/mol. The maximum atomic E-state index is 7.13. The van der Waals surface area contributed by atoms with Crippen molar-refractivity contribution in [3.63, 3.8) is 0 Å². The first kappa shape index (κ1) is 38.9. The number of nitrogens with zero attached hydrogens (tertiary/aromatic N) is 3. The predicted molar refractivity (Wildman–Crippen MR) is 296 cm³/mol. The van der Waals surface area contributed by atoms with Gasteiger partial charge >= 0.3 is 0 Å². The van der Waals surface area contributed by atoms with Gasteiger partial charge in [-0.2, -0.15) is 0 Å². The third kappa shape index (κ3) is 5.96. The smallest absolute Gasteiger partial charge is 0.165 e. The maximum Gasteiger partial charge on any atom is 0.165 e. The Morgan fingerprint density at radius 2 is 0.929 bits per heavy atom. The predicted octanol–water partition coefficient (Wildman–Crippen LogP) is 17.7.